The summed E-state index contributed by atoms with van der Waals surface area (Å²) in [4.78, 5) is 10.7. The second kappa shape index (κ2) is 5.35. The van der Waals surface area contributed by atoms with Crippen LogP contribution in [0.1, 0.15) is 47.0 Å². The molecule has 0 aromatic carbocycles. The third-order valence-electron chi connectivity index (χ3n) is 2.13. The molecule has 0 aliphatic rings. The van der Waals surface area contributed by atoms with Crippen LogP contribution in [-0.4, -0.2) is 16.6 Å². The molecular weight excluding hydrogens is 178 g/mol. The monoisotopic (exact) mass is 201 g/mol. The first-order valence-electron chi connectivity index (χ1n) is 5.26. The maximum atomic E-state index is 10.7. The van der Waals surface area contributed by atoms with E-state index in [-0.39, 0.29) is 6.42 Å². The van der Waals surface area contributed by atoms with Crippen molar-refractivity contribution < 1.29 is 9.90 Å². The zero-order chi connectivity index (χ0) is 11.4. The molecule has 0 rings (SSSR count). The number of nitrogens with two attached hydrogens (primary N) is 1. The Bertz CT molecular complexity index is 178. The van der Waals surface area contributed by atoms with Crippen LogP contribution in [0.3, 0.4) is 0 Å². The van der Waals surface area contributed by atoms with Gasteiger partial charge in [-0.2, -0.15) is 0 Å². The minimum Gasteiger partial charge on any atom is -0.481 e. The minimum absolute atomic E-state index is 0.0728. The molecule has 0 fully saturated rings. The Morgan fingerprint density at radius 3 is 1.79 bits per heavy atom. The Labute approximate surface area is 86.7 Å². The largest absolute Gasteiger partial charge is 0.481 e. The van der Waals surface area contributed by atoms with Crippen LogP contribution in [0.4, 0.5) is 0 Å². The zero-order valence-electron chi connectivity index (χ0n) is 9.71. The van der Waals surface area contributed by atoms with Gasteiger partial charge in [0.2, 0.25) is 0 Å². The molecule has 0 saturated carbocycles. The van der Waals surface area contributed by atoms with Gasteiger partial charge in [0, 0.05) is 5.54 Å². The molecule has 0 aliphatic heterocycles. The van der Waals surface area contributed by atoms with E-state index in [1.54, 1.807) is 0 Å². The third-order valence-corrected chi connectivity index (χ3v) is 2.13. The number of carboxylic acid groups (broad SMARTS) is 1. The molecule has 0 radical (unpaired) electrons. The Hall–Kier alpha value is -0.570. The van der Waals surface area contributed by atoms with E-state index in [0.717, 1.165) is 12.8 Å². The molecule has 0 atom stereocenters. The van der Waals surface area contributed by atoms with Crippen molar-refractivity contribution in [2.75, 3.05) is 0 Å². The maximum absolute atomic E-state index is 10.7. The molecule has 14 heavy (non-hydrogen) atoms. The van der Waals surface area contributed by atoms with Crippen LogP contribution in [0.5, 0.6) is 0 Å². The molecule has 3 N–H and O–H groups in total. The van der Waals surface area contributed by atoms with Gasteiger partial charge in [0.1, 0.15) is 0 Å². The Kier molecular flexibility index (Phi) is 5.13. The molecule has 0 unspecified atom stereocenters. The van der Waals surface area contributed by atoms with Gasteiger partial charge in [0.25, 0.3) is 0 Å². The van der Waals surface area contributed by atoms with Gasteiger partial charge >= 0.3 is 5.97 Å². The van der Waals surface area contributed by atoms with Crippen LogP contribution < -0.4 is 5.73 Å². The van der Waals surface area contributed by atoms with E-state index in [0.29, 0.717) is 11.8 Å². The van der Waals surface area contributed by atoms with Crippen molar-refractivity contribution in [1.29, 1.82) is 0 Å². The van der Waals surface area contributed by atoms with Crippen LogP contribution in [-0.2, 0) is 4.79 Å². The molecule has 0 bridgehead atoms. The number of carboxylic acids is 1. The highest BCUT2D eigenvalue weighted by molar-refractivity contribution is 5.68. The Morgan fingerprint density at radius 2 is 1.57 bits per heavy atom. The van der Waals surface area contributed by atoms with Crippen molar-refractivity contribution in [3.8, 4) is 0 Å². The van der Waals surface area contributed by atoms with Gasteiger partial charge in [-0.25, -0.2) is 0 Å². The smallest absolute Gasteiger partial charge is 0.305 e. The fourth-order valence-corrected chi connectivity index (χ4v) is 2.15. The predicted octanol–water partition coefficient (Wildman–Crippen LogP) is 2.25. The summed E-state index contributed by atoms with van der Waals surface area (Å²) >= 11 is 0. The molecule has 0 spiro atoms. The van der Waals surface area contributed by atoms with Gasteiger partial charge < -0.3 is 10.8 Å². The van der Waals surface area contributed by atoms with Gasteiger partial charge in [0.15, 0.2) is 0 Å². The third kappa shape index (κ3) is 5.97. The lowest BCUT2D eigenvalue weighted by Gasteiger charge is -2.31. The first-order valence-corrected chi connectivity index (χ1v) is 5.26. The number of aliphatic carboxylic acids is 1. The summed E-state index contributed by atoms with van der Waals surface area (Å²) < 4.78 is 0. The average Bonchev–Trinajstić information content (AvgIpc) is 1.76. The average molecular weight is 201 g/mol. The van der Waals surface area contributed by atoms with Gasteiger partial charge in [0.05, 0.1) is 6.42 Å². The van der Waals surface area contributed by atoms with Crippen molar-refractivity contribution in [2.24, 2.45) is 17.6 Å². The van der Waals surface area contributed by atoms with Gasteiger partial charge in [-0.15, -0.1) is 0 Å². The van der Waals surface area contributed by atoms with E-state index in [2.05, 4.69) is 27.7 Å². The van der Waals surface area contributed by atoms with Gasteiger partial charge in [-0.1, -0.05) is 27.7 Å². The van der Waals surface area contributed by atoms with Crippen LogP contribution in [0.15, 0.2) is 0 Å². The molecule has 0 heterocycles. The second-order valence-electron chi connectivity index (χ2n) is 5.13. The van der Waals surface area contributed by atoms with Crippen molar-refractivity contribution >= 4 is 5.97 Å². The van der Waals surface area contributed by atoms with Crippen LogP contribution >= 0.6 is 0 Å². The molecule has 0 amide bonds. The molecule has 0 aromatic heterocycles. The fraction of sp³-hybridized carbons (Fsp3) is 0.909. The molecule has 84 valence electrons. The first kappa shape index (κ1) is 13.4. The number of carbonyl (C=O) groups is 1. The van der Waals surface area contributed by atoms with Crippen molar-refractivity contribution in [3.63, 3.8) is 0 Å². The number of hydrogen-bond donors (Lipinski definition) is 2. The van der Waals surface area contributed by atoms with Crippen molar-refractivity contribution in [3.05, 3.63) is 0 Å². The lowest BCUT2D eigenvalue weighted by Crippen LogP contribution is -2.44. The number of rotatable bonds is 6. The molecule has 0 aliphatic carbocycles. The molecule has 0 saturated heterocycles. The van der Waals surface area contributed by atoms with Gasteiger partial charge in [-0.05, 0) is 24.7 Å². The predicted molar refractivity (Wildman–Crippen MR) is 58.1 cm³/mol. The molecule has 0 aromatic rings. The summed E-state index contributed by atoms with van der Waals surface area (Å²) in [5.41, 5.74) is 5.59. The standard InChI is InChI=1S/C11H23NO2/c1-8(2)5-11(12,6-9(3)4)7-10(13)14/h8-9H,5-7,12H2,1-4H3,(H,13,14). The van der Waals surface area contributed by atoms with E-state index in [4.69, 9.17) is 10.8 Å². The SMILES string of the molecule is CC(C)CC(N)(CC(=O)O)CC(C)C. The van der Waals surface area contributed by atoms with E-state index in [1.165, 1.54) is 0 Å². The quantitative estimate of drug-likeness (QED) is 0.692. The van der Waals surface area contributed by atoms with Crippen molar-refractivity contribution in [2.45, 2.75) is 52.5 Å². The second-order valence-corrected chi connectivity index (χ2v) is 5.13. The lowest BCUT2D eigenvalue weighted by atomic mass is 9.80. The Morgan fingerprint density at radius 1 is 1.21 bits per heavy atom. The van der Waals surface area contributed by atoms with Gasteiger partial charge in [-0.3, -0.25) is 4.79 Å². The summed E-state index contributed by atoms with van der Waals surface area (Å²) in [7, 11) is 0. The summed E-state index contributed by atoms with van der Waals surface area (Å²) in [5.74, 6) is 0.0880. The summed E-state index contributed by atoms with van der Waals surface area (Å²) in [6, 6.07) is 0. The zero-order valence-corrected chi connectivity index (χ0v) is 9.71. The van der Waals surface area contributed by atoms with Crippen molar-refractivity contribution in [1.82, 2.24) is 0 Å². The maximum Gasteiger partial charge on any atom is 0.305 e. The van der Waals surface area contributed by atoms with Crippen LogP contribution in [0.25, 0.3) is 0 Å². The molecule has 3 heteroatoms. The Balaban J connectivity index is 4.40. The number of hydrogen-bond acceptors (Lipinski definition) is 2. The highest BCUT2D eigenvalue weighted by Crippen LogP contribution is 2.25. The van der Waals surface area contributed by atoms with E-state index >= 15 is 0 Å². The highest BCUT2D eigenvalue weighted by Gasteiger charge is 2.29. The lowest BCUT2D eigenvalue weighted by molar-refractivity contribution is -0.138. The first-order chi connectivity index (χ1) is 6.25. The summed E-state index contributed by atoms with van der Waals surface area (Å²) in [6.07, 6.45) is 1.62. The van der Waals surface area contributed by atoms with Crippen LogP contribution in [0.2, 0.25) is 0 Å². The normalized spacial score (nSPS) is 12.5. The molecule has 3 nitrogen and oxygen atoms in total. The summed E-state index contributed by atoms with van der Waals surface area (Å²) in [5, 5.41) is 8.79. The van der Waals surface area contributed by atoms with E-state index < -0.39 is 11.5 Å². The van der Waals surface area contributed by atoms with Crippen LogP contribution in [0, 0.1) is 11.8 Å². The summed E-state index contributed by atoms with van der Waals surface area (Å²) in [6.45, 7) is 8.29. The highest BCUT2D eigenvalue weighted by atomic mass is 16.4. The fourth-order valence-electron chi connectivity index (χ4n) is 2.15. The minimum atomic E-state index is -0.797. The topological polar surface area (TPSA) is 63.3 Å². The molecular formula is C11H23NO2. The van der Waals surface area contributed by atoms with E-state index in [1.807, 2.05) is 0 Å². The van der Waals surface area contributed by atoms with E-state index in [9.17, 15) is 4.79 Å².